The summed E-state index contributed by atoms with van der Waals surface area (Å²) in [6.45, 7) is 0.259. The summed E-state index contributed by atoms with van der Waals surface area (Å²) in [7, 11) is -3.13. The Morgan fingerprint density at radius 2 is 2.00 bits per heavy atom. The molecule has 0 amide bonds. The first kappa shape index (κ1) is 12.3. The molecule has 0 radical (unpaired) electrons. The minimum absolute atomic E-state index is 0.0283. The molecule has 0 spiro atoms. The molecule has 1 heterocycles. The Hall–Kier alpha value is -1.20. The smallest absolute Gasteiger partial charge is 0.153 e. The predicted octanol–water partition coefficient (Wildman–Crippen LogP) is 0.959. The second kappa shape index (κ2) is 4.58. The van der Waals surface area contributed by atoms with Crippen molar-refractivity contribution in [2.24, 2.45) is 0 Å². The lowest BCUT2D eigenvalue weighted by Gasteiger charge is -2.21. The molecule has 2 rings (SSSR count). The van der Waals surface area contributed by atoms with E-state index in [0.717, 1.165) is 5.56 Å². The number of hydrogen-bond acceptors (Lipinski definition) is 4. The summed E-state index contributed by atoms with van der Waals surface area (Å²) in [4.78, 5) is 11.0. The van der Waals surface area contributed by atoms with Gasteiger partial charge in [0.15, 0.2) is 16.1 Å². The van der Waals surface area contributed by atoms with Gasteiger partial charge in [-0.2, -0.15) is 0 Å². The average Bonchev–Trinajstić information content (AvgIpc) is 2.65. The van der Waals surface area contributed by atoms with E-state index in [0.29, 0.717) is 6.29 Å². The summed E-state index contributed by atoms with van der Waals surface area (Å²) in [6.07, 6.45) is 0.881. The highest BCUT2D eigenvalue weighted by Crippen LogP contribution is 2.26. The zero-order chi connectivity index (χ0) is 12.4. The van der Waals surface area contributed by atoms with Crippen molar-refractivity contribution in [2.45, 2.75) is 18.6 Å². The quantitative estimate of drug-likeness (QED) is 0.751. The predicted molar refractivity (Wildman–Crippen MR) is 63.3 cm³/mol. The van der Waals surface area contributed by atoms with Gasteiger partial charge in [-0.25, -0.2) is 8.42 Å². The number of benzene rings is 1. The van der Waals surface area contributed by atoms with Crippen LogP contribution in [0.25, 0.3) is 0 Å². The van der Waals surface area contributed by atoms with E-state index >= 15 is 0 Å². The zero-order valence-corrected chi connectivity index (χ0v) is 10.2. The molecule has 92 valence electrons. The van der Waals surface area contributed by atoms with Gasteiger partial charge < -0.3 is 9.53 Å². The standard InChI is InChI=1S/C12H14O4S/c13-9-12(6-7-17(14,15)10-12)16-8-11-4-2-1-3-5-11/h1-5,9H,6-8,10H2. The molecule has 4 nitrogen and oxygen atoms in total. The van der Waals surface area contributed by atoms with Gasteiger partial charge in [-0.1, -0.05) is 30.3 Å². The molecule has 1 fully saturated rings. The number of sulfone groups is 1. The highest BCUT2D eigenvalue weighted by Gasteiger charge is 2.43. The molecule has 1 aromatic rings. The fraction of sp³-hybridized carbons (Fsp3) is 0.417. The van der Waals surface area contributed by atoms with Crippen LogP contribution in [0.2, 0.25) is 0 Å². The first-order valence-electron chi connectivity index (χ1n) is 5.40. The maximum Gasteiger partial charge on any atom is 0.153 e. The first-order chi connectivity index (χ1) is 8.05. The van der Waals surface area contributed by atoms with Gasteiger partial charge in [0.05, 0.1) is 18.1 Å². The number of hydrogen-bond donors (Lipinski definition) is 0. The average molecular weight is 254 g/mol. The van der Waals surface area contributed by atoms with Crippen LogP contribution < -0.4 is 0 Å². The summed E-state index contributed by atoms with van der Waals surface area (Å²) in [5, 5.41) is 0. The van der Waals surface area contributed by atoms with Gasteiger partial charge in [0.25, 0.3) is 0 Å². The second-order valence-corrected chi connectivity index (χ2v) is 6.48. The van der Waals surface area contributed by atoms with Crippen LogP contribution in [0.4, 0.5) is 0 Å². The number of ether oxygens (including phenoxy) is 1. The summed E-state index contributed by atoms with van der Waals surface area (Å²) < 4.78 is 28.3. The van der Waals surface area contributed by atoms with Crippen LogP contribution >= 0.6 is 0 Å². The van der Waals surface area contributed by atoms with Gasteiger partial charge in [-0.3, -0.25) is 0 Å². The molecule has 0 aromatic heterocycles. The van der Waals surface area contributed by atoms with E-state index in [4.69, 9.17) is 4.74 Å². The van der Waals surface area contributed by atoms with Crippen molar-refractivity contribution < 1.29 is 17.9 Å². The molecule has 0 N–H and O–H groups in total. The number of carbonyl (C=O) groups excluding carboxylic acids is 1. The number of aldehydes is 1. The van der Waals surface area contributed by atoms with E-state index in [1.165, 1.54) is 0 Å². The summed E-state index contributed by atoms with van der Waals surface area (Å²) in [6, 6.07) is 9.39. The third-order valence-corrected chi connectivity index (χ3v) is 4.64. The largest absolute Gasteiger partial charge is 0.362 e. The third-order valence-electron chi connectivity index (χ3n) is 2.88. The van der Waals surface area contributed by atoms with Crippen LogP contribution in [0.15, 0.2) is 30.3 Å². The van der Waals surface area contributed by atoms with Crippen molar-refractivity contribution in [3.8, 4) is 0 Å². The lowest BCUT2D eigenvalue weighted by Crippen LogP contribution is -2.35. The fourth-order valence-electron chi connectivity index (χ4n) is 1.89. The molecule has 17 heavy (non-hydrogen) atoms. The van der Waals surface area contributed by atoms with Crippen LogP contribution in [-0.4, -0.2) is 31.8 Å². The highest BCUT2D eigenvalue weighted by molar-refractivity contribution is 7.91. The van der Waals surface area contributed by atoms with Crippen LogP contribution in [-0.2, 0) is 26.0 Å². The van der Waals surface area contributed by atoms with Crippen LogP contribution in [0.3, 0.4) is 0 Å². The Morgan fingerprint density at radius 1 is 1.29 bits per heavy atom. The Morgan fingerprint density at radius 3 is 2.53 bits per heavy atom. The van der Waals surface area contributed by atoms with Gasteiger partial charge in [0.1, 0.15) is 5.60 Å². The summed E-state index contributed by atoms with van der Waals surface area (Å²) in [5.74, 6) is -0.170. The van der Waals surface area contributed by atoms with Crippen LogP contribution in [0.1, 0.15) is 12.0 Å². The number of carbonyl (C=O) groups is 1. The Bertz CT molecular complexity index is 494. The van der Waals surface area contributed by atoms with Crippen molar-refractivity contribution in [1.82, 2.24) is 0 Å². The van der Waals surface area contributed by atoms with Crippen molar-refractivity contribution in [3.05, 3.63) is 35.9 Å². The summed E-state index contributed by atoms with van der Waals surface area (Å²) in [5.41, 5.74) is -0.215. The zero-order valence-electron chi connectivity index (χ0n) is 9.33. The van der Waals surface area contributed by atoms with E-state index in [2.05, 4.69) is 0 Å². The molecular weight excluding hydrogens is 240 g/mol. The van der Waals surface area contributed by atoms with Gasteiger partial charge in [0, 0.05) is 0 Å². The van der Waals surface area contributed by atoms with Crippen LogP contribution in [0.5, 0.6) is 0 Å². The van der Waals surface area contributed by atoms with Crippen molar-refractivity contribution >= 4 is 16.1 Å². The van der Waals surface area contributed by atoms with Gasteiger partial charge in [0.2, 0.25) is 0 Å². The molecule has 1 aliphatic heterocycles. The molecule has 0 bridgehead atoms. The highest BCUT2D eigenvalue weighted by atomic mass is 32.2. The lowest BCUT2D eigenvalue weighted by atomic mass is 10.1. The SMILES string of the molecule is O=CC1(OCc2ccccc2)CCS(=O)(=O)C1. The van der Waals surface area contributed by atoms with E-state index in [9.17, 15) is 13.2 Å². The fourth-order valence-corrected chi connectivity index (χ4v) is 3.73. The van der Waals surface area contributed by atoms with Crippen LogP contribution in [0, 0.1) is 0 Å². The monoisotopic (exact) mass is 254 g/mol. The normalized spacial score (nSPS) is 26.8. The van der Waals surface area contributed by atoms with Crippen molar-refractivity contribution in [2.75, 3.05) is 11.5 Å². The van der Waals surface area contributed by atoms with Crippen molar-refractivity contribution in [3.63, 3.8) is 0 Å². The maximum absolute atomic E-state index is 11.4. The van der Waals surface area contributed by atoms with E-state index < -0.39 is 15.4 Å². The summed E-state index contributed by atoms with van der Waals surface area (Å²) >= 11 is 0. The Balaban J connectivity index is 2.05. The molecule has 1 aromatic carbocycles. The third kappa shape index (κ3) is 2.92. The molecular formula is C12H14O4S. The molecule has 1 aliphatic rings. The van der Waals surface area contributed by atoms with Gasteiger partial charge >= 0.3 is 0 Å². The van der Waals surface area contributed by atoms with Gasteiger partial charge in [-0.05, 0) is 12.0 Å². The van der Waals surface area contributed by atoms with Gasteiger partial charge in [-0.15, -0.1) is 0 Å². The minimum atomic E-state index is -3.13. The lowest BCUT2D eigenvalue weighted by molar-refractivity contribution is -0.129. The first-order valence-corrected chi connectivity index (χ1v) is 7.22. The second-order valence-electron chi connectivity index (χ2n) is 4.30. The molecule has 1 saturated heterocycles. The van der Waals surface area contributed by atoms with Crippen molar-refractivity contribution in [1.29, 1.82) is 0 Å². The molecule has 5 heteroatoms. The maximum atomic E-state index is 11.4. The number of rotatable bonds is 4. The molecule has 0 aliphatic carbocycles. The van der Waals surface area contributed by atoms with E-state index in [1.807, 2.05) is 30.3 Å². The minimum Gasteiger partial charge on any atom is -0.362 e. The topological polar surface area (TPSA) is 60.4 Å². The van der Waals surface area contributed by atoms with E-state index in [-0.39, 0.29) is 24.5 Å². The molecule has 1 atom stereocenters. The molecule has 1 unspecified atom stereocenters. The Kier molecular flexibility index (Phi) is 3.31. The Labute approximate surface area is 101 Å². The van der Waals surface area contributed by atoms with E-state index in [1.54, 1.807) is 0 Å². The molecule has 0 saturated carbocycles.